The van der Waals surface area contributed by atoms with Crippen molar-refractivity contribution in [2.45, 2.75) is 13.5 Å². The minimum Gasteiger partial charge on any atom is -0.490 e. The lowest BCUT2D eigenvalue weighted by molar-refractivity contribution is -0.112. The van der Waals surface area contributed by atoms with Crippen LogP contribution in [0.25, 0.3) is 6.08 Å². The number of hydrogen-bond acceptors (Lipinski definition) is 5. The molecule has 0 saturated carbocycles. The second-order valence-electron chi connectivity index (χ2n) is 6.92. The molecule has 0 heterocycles. The van der Waals surface area contributed by atoms with Crippen LogP contribution in [0.3, 0.4) is 0 Å². The summed E-state index contributed by atoms with van der Waals surface area (Å²) in [5.41, 5.74) is 2.23. The molecule has 1 N–H and O–H groups in total. The van der Waals surface area contributed by atoms with E-state index in [-0.39, 0.29) is 12.2 Å². The van der Waals surface area contributed by atoms with Crippen molar-refractivity contribution < 1.29 is 14.3 Å². The number of carbonyl (C=O) groups is 1. The van der Waals surface area contributed by atoms with Gasteiger partial charge in [-0.15, -0.1) is 0 Å². The first kappa shape index (κ1) is 25.1. The van der Waals surface area contributed by atoms with Gasteiger partial charge in [-0.1, -0.05) is 41.9 Å². The molecular formula is C26H19ClIN3O3. The van der Waals surface area contributed by atoms with Gasteiger partial charge in [-0.25, -0.2) is 0 Å². The van der Waals surface area contributed by atoms with E-state index < -0.39 is 5.91 Å². The van der Waals surface area contributed by atoms with E-state index in [1.54, 1.807) is 48.5 Å². The van der Waals surface area contributed by atoms with E-state index in [1.807, 2.05) is 25.1 Å². The van der Waals surface area contributed by atoms with E-state index in [4.69, 9.17) is 21.1 Å². The largest absolute Gasteiger partial charge is 0.490 e. The van der Waals surface area contributed by atoms with Crippen LogP contribution in [0.2, 0.25) is 5.02 Å². The summed E-state index contributed by atoms with van der Waals surface area (Å²) in [6, 6.07) is 21.6. The molecule has 0 aliphatic rings. The van der Waals surface area contributed by atoms with Crippen molar-refractivity contribution in [3.05, 3.63) is 91.5 Å². The Bertz CT molecular complexity index is 1330. The third-order valence-corrected chi connectivity index (χ3v) is 5.77. The molecule has 3 aromatic carbocycles. The maximum atomic E-state index is 12.6. The fraction of sp³-hybridized carbons (Fsp3) is 0.115. The number of benzene rings is 3. The molecule has 0 fully saturated rings. The predicted octanol–water partition coefficient (Wildman–Crippen LogP) is 6.34. The molecular weight excluding hydrogens is 565 g/mol. The molecule has 3 aromatic rings. The van der Waals surface area contributed by atoms with E-state index in [9.17, 15) is 15.3 Å². The Kier molecular flexibility index (Phi) is 8.92. The molecule has 0 unspecified atom stereocenters. The normalized spacial score (nSPS) is 10.7. The summed E-state index contributed by atoms with van der Waals surface area (Å²) in [7, 11) is 0. The first-order valence-electron chi connectivity index (χ1n) is 10.2. The van der Waals surface area contributed by atoms with Gasteiger partial charge in [0.15, 0.2) is 11.5 Å². The number of para-hydroxylation sites is 1. The van der Waals surface area contributed by atoms with Gasteiger partial charge < -0.3 is 14.8 Å². The highest BCUT2D eigenvalue weighted by Crippen LogP contribution is 2.36. The SMILES string of the molecule is CCOc1cc(/C=C(\C#N)C(=O)Nc2ccccc2Cl)cc(I)c1OCc1ccccc1C#N. The Morgan fingerprint density at radius 1 is 1.12 bits per heavy atom. The number of rotatable bonds is 8. The molecule has 0 aromatic heterocycles. The summed E-state index contributed by atoms with van der Waals surface area (Å²) < 4.78 is 12.5. The zero-order chi connectivity index (χ0) is 24.5. The van der Waals surface area contributed by atoms with Crippen LogP contribution in [-0.4, -0.2) is 12.5 Å². The summed E-state index contributed by atoms with van der Waals surface area (Å²) in [6.07, 6.45) is 1.48. The van der Waals surface area contributed by atoms with Crippen LogP contribution >= 0.6 is 34.2 Å². The summed E-state index contributed by atoms with van der Waals surface area (Å²) in [6.45, 7) is 2.44. The van der Waals surface area contributed by atoms with Gasteiger partial charge >= 0.3 is 0 Å². The molecule has 1 amide bonds. The molecule has 0 aliphatic carbocycles. The quantitative estimate of drug-likeness (QED) is 0.190. The Morgan fingerprint density at radius 3 is 2.56 bits per heavy atom. The lowest BCUT2D eigenvalue weighted by atomic mass is 10.1. The molecule has 8 heteroatoms. The third kappa shape index (κ3) is 6.28. The first-order chi connectivity index (χ1) is 16.5. The van der Waals surface area contributed by atoms with Crippen LogP contribution in [0.1, 0.15) is 23.6 Å². The van der Waals surface area contributed by atoms with Crippen molar-refractivity contribution in [1.29, 1.82) is 10.5 Å². The lowest BCUT2D eigenvalue weighted by Crippen LogP contribution is -2.13. The van der Waals surface area contributed by atoms with Gasteiger partial charge in [-0.3, -0.25) is 4.79 Å². The van der Waals surface area contributed by atoms with Crippen LogP contribution in [0.15, 0.2) is 66.2 Å². The Morgan fingerprint density at radius 2 is 1.85 bits per heavy atom. The molecule has 0 bridgehead atoms. The van der Waals surface area contributed by atoms with Crippen molar-refractivity contribution in [2.24, 2.45) is 0 Å². The minimum absolute atomic E-state index is 0.0882. The Balaban J connectivity index is 1.88. The zero-order valence-corrected chi connectivity index (χ0v) is 21.1. The van der Waals surface area contributed by atoms with Gasteiger partial charge in [0.2, 0.25) is 0 Å². The standard InChI is InChI=1S/C26H19ClIN3O3/c1-2-33-24-13-17(11-20(15-30)26(32)31-23-10-6-5-9-21(23)27)12-22(28)25(24)34-16-19-8-4-3-7-18(19)14-29/h3-13H,2,16H2,1H3,(H,31,32)/b20-11+. The maximum absolute atomic E-state index is 12.6. The molecule has 34 heavy (non-hydrogen) atoms. The molecule has 0 saturated heterocycles. The molecule has 6 nitrogen and oxygen atoms in total. The van der Waals surface area contributed by atoms with E-state index in [1.165, 1.54) is 6.08 Å². The van der Waals surface area contributed by atoms with E-state index in [0.29, 0.717) is 39.9 Å². The average molecular weight is 584 g/mol. The smallest absolute Gasteiger partial charge is 0.266 e. The Hall–Kier alpha value is -3.53. The number of nitrogens with zero attached hydrogens (tertiary/aromatic N) is 2. The van der Waals surface area contributed by atoms with E-state index in [2.05, 4.69) is 34.0 Å². The number of ether oxygens (including phenoxy) is 2. The molecule has 3 rings (SSSR count). The summed E-state index contributed by atoms with van der Waals surface area (Å²) in [5.74, 6) is 0.419. The van der Waals surface area contributed by atoms with Gasteiger partial charge in [0.1, 0.15) is 18.2 Å². The first-order valence-corrected chi connectivity index (χ1v) is 11.7. The predicted molar refractivity (Wildman–Crippen MR) is 139 cm³/mol. The molecule has 0 aliphatic heterocycles. The van der Waals surface area contributed by atoms with Gasteiger partial charge in [-0.2, -0.15) is 10.5 Å². The van der Waals surface area contributed by atoms with Crippen molar-refractivity contribution in [3.8, 4) is 23.6 Å². The molecule has 0 radical (unpaired) electrons. The minimum atomic E-state index is -0.572. The highest BCUT2D eigenvalue weighted by atomic mass is 127. The fourth-order valence-corrected chi connectivity index (χ4v) is 4.01. The average Bonchev–Trinajstić information content (AvgIpc) is 2.83. The molecule has 0 atom stereocenters. The number of hydrogen-bond donors (Lipinski definition) is 1. The van der Waals surface area contributed by atoms with Crippen molar-refractivity contribution in [3.63, 3.8) is 0 Å². The van der Waals surface area contributed by atoms with Gasteiger partial charge in [0, 0.05) is 5.56 Å². The van der Waals surface area contributed by atoms with Crippen LogP contribution in [0.5, 0.6) is 11.5 Å². The number of anilines is 1. The van der Waals surface area contributed by atoms with Gasteiger partial charge in [-0.05, 0) is 71.5 Å². The summed E-state index contributed by atoms with van der Waals surface area (Å²) in [5, 5.41) is 21.9. The second-order valence-corrected chi connectivity index (χ2v) is 8.49. The zero-order valence-electron chi connectivity index (χ0n) is 18.1. The van der Waals surface area contributed by atoms with Gasteiger partial charge in [0.25, 0.3) is 5.91 Å². The number of halogens is 2. The summed E-state index contributed by atoms with van der Waals surface area (Å²) in [4.78, 5) is 12.6. The van der Waals surface area contributed by atoms with Crippen molar-refractivity contribution >= 4 is 51.9 Å². The van der Waals surface area contributed by atoms with Crippen molar-refractivity contribution in [2.75, 3.05) is 11.9 Å². The fourth-order valence-electron chi connectivity index (χ4n) is 3.05. The third-order valence-electron chi connectivity index (χ3n) is 4.64. The monoisotopic (exact) mass is 583 g/mol. The summed E-state index contributed by atoms with van der Waals surface area (Å²) >= 11 is 8.21. The maximum Gasteiger partial charge on any atom is 0.266 e. The molecule has 170 valence electrons. The highest BCUT2D eigenvalue weighted by molar-refractivity contribution is 14.1. The number of amides is 1. The molecule has 0 spiro atoms. The van der Waals surface area contributed by atoms with E-state index in [0.717, 1.165) is 9.13 Å². The van der Waals surface area contributed by atoms with Crippen molar-refractivity contribution in [1.82, 2.24) is 0 Å². The lowest BCUT2D eigenvalue weighted by Gasteiger charge is -2.15. The van der Waals surface area contributed by atoms with E-state index >= 15 is 0 Å². The number of carbonyl (C=O) groups excluding carboxylic acids is 1. The second kappa shape index (κ2) is 12.1. The van der Waals surface area contributed by atoms with Crippen LogP contribution in [0, 0.1) is 26.2 Å². The number of nitrogens with one attached hydrogen (secondary N) is 1. The van der Waals surface area contributed by atoms with Crippen LogP contribution in [0.4, 0.5) is 5.69 Å². The van der Waals surface area contributed by atoms with Crippen LogP contribution < -0.4 is 14.8 Å². The van der Waals surface area contributed by atoms with Crippen LogP contribution in [-0.2, 0) is 11.4 Å². The Labute approximate surface area is 216 Å². The number of nitriles is 2. The van der Waals surface area contributed by atoms with Gasteiger partial charge in [0.05, 0.1) is 32.5 Å². The topological polar surface area (TPSA) is 95.1 Å². The highest BCUT2D eigenvalue weighted by Gasteiger charge is 2.16.